The molecule has 0 saturated heterocycles. The van der Waals surface area contributed by atoms with Gasteiger partial charge in [-0.1, -0.05) is 23.9 Å². The average molecular weight is 396 g/mol. The number of thioether (sulfide) groups is 1. The summed E-state index contributed by atoms with van der Waals surface area (Å²) in [6, 6.07) is 10.5. The highest BCUT2D eigenvalue weighted by molar-refractivity contribution is 8.00. The third-order valence-electron chi connectivity index (χ3n) is 3.56. The van der Waals surface area contributed by atoms with E-state index >= 15 is 0 Å². The molecule has 3 rings (SSSR count). The van der Waals surface area contributed by atoms with Crippen molar-refractivity contribution < 1.29 is 13.2 Å². The number of ether oxygens (including phenoxy) is 1. The Morgan fingerprint density at radius 1 is 1.24 bits per heavy atom. The highest BCUT2D eigenvalue weighted by Crippen LogP contribution is 2.26. The van der Waals surface area contributed by atoms with E-state index in [2.05, 4.69) is 10.2 Å². The van der Waals surface area contributed by atoms with Crippen molar-refractivity contribution in [3.8, 4) is 16.5 Å². The zero-order chi connectivity index (χ0) is 17.9. The molecule has 0 aliphatic carbocycles. The Balaban J connectivity index is 1.66. The summed E-state index contributed by atoms with van der Waals surface area (Å²) in [6.45, 7) is 0. The van der Waals surface area contributed by atoms with Crippen LogP contribution in [0.15, 0.2) is 51.8 Å². The first kappa shape index (κ1) is 18.0. The summed E-state index contributed by atoms with van der Waals surface area (Å²) in [7, 11) is 0.0291. The van der Waals surface area contributed by atoms with Gasteiger partial charge in [-0.3, -0.25) is 0 Å². The molecule has 0 saturated carbocycles. The third-order valence-corrected chi connectivity index (χ3v) is 7.42. The fraction of sp³-hybridized carbons (Fsp3) is 0.250. The number of aromatic nitrogens is 3. The zero-order valence-corrected chi connectivity index (χ0v) is 16.2. The second-order valence-corrected chi connectivity index (χ2v) is 9.31. The molecule has 0 spiro atoms. The minimum absolute atomic E-state index is 0.0199. The molecule has 0 bridgehead atoms. The lowest BCUT2D eigenvalue weighted by molar-refractivity contribution is 0.413. The second-order valence-electron chi connectivity index (χ2n) is 5.19. The number of benzene rings is 1. The standard InChI is InChI=1S/C16H17N3O3S3/c1-19-15(14-7-4-8-23-14)17-18-16(19)24-9-10-25(20,21)13-6-3-5-12(11-13)22-2/h3-8,11H,9-10H2,1-2H3. The highest BCUT2D eigenvalue weighted by atomic mass is 32.2. The van der Waals surface area contributed by atoms with Crippen molar-refractivity contribution in [2.45, 2.75) is 10.1 Å². The minimum atomic E-state index is -3.37. The van der Waals surface area contributed by atoms with Gasteiger partial charge >= 0.3 is 0 Å². The van der Waals surface area contributed by atoms with Gasteiger partial charge in [0, 0.05) is 12.8 Å². The second kappa shape index (κ2) is 7.59. The first-order chi connectivity index (χ1) is 12.0. The molecule has 9 heteroatoms. The van der Waals surface area contributed by atoms with E-state index in [-0.39, 0.29) is 10.6 Å². The highest BCUT2D eigenvalue weighted by Gasteiger charge is 2.17. The topological polar surface area (TPSA) is 74.1 Å². The van der Waals surface area contributed by atoms with Gasteiger partial charge in [-0.2, -0.15) is 0 Å². The number of nitrogens with zero attached hydrogens (tertiary/aromatic N) is 3. The van der Waals surface area contributed by atoms with Crippen LogP contribution in [-0.4, -0.2) is 41.8 Å². The monoisotopic (exact) mass is 395 g/mol. The van der Waals surface area contributed by atoms with E-state index in [1.54, 1.807) is 29.5 Å². The Hall–Kier alpha value is -1.84. The molecule has 0 aliphatic rings. The largest absolute Gasteiger partial charge is 0.497 e. The first-order valence-electron chi connectivity index (χ1n) is 7.44. The predicted octanol–water partition coefficient (Wildman–Crippen LogP) is 3.12. The molecule has 0 amide bonds. The molecule has 2 aromatic heterocycles. The molecular weight excluding hydrogens is 378 g/mol. The normalized spacial score (nSPS) is 11.6. The number of sulfone groups is 1. The molecule has 25 heavy (non-hydrogen) atoms. The molecule has 0 aliphatic heterocycles. The van der Waals surface area contributed by atoms with Gasteiger partial charge in [0.2, 0.25) is 0 Å². The Bertz CT molecular complexity index is 950. The SMILES string of the molecule is COc1cccc(S(=O)(=O)CCSc2nnc(-c3cccs3)n2C)c1. The summed E-state index contributed by atoms with van der Waals surface area (Å²) >= 11 is 2.97. The summed E-state index contributed by atoms with van der Waals surface area (Å²) in [5.74, 6) is 1.73. The van der Waals surface area contributed by atoms with Crippen molar-refractivity contribution in [3.63, 3.8) is 0 Å². The van der Waals surface area contributed by atoms with Crippen molar-refractivity contribution in [1.29, 1.82) is 0 Å². The van der Waals surface area contributed by atoms with Crippen LogP contribution in [0.4, 0.5) is 0 Å². The van der Waals surface area contributed by atoms with Gasteiger partial charge in [-0.05, 0) is 29.6 Å². The van der Waals surface area contributed by atoms with E-state index in [0.717, 1.165) is 10.7 Å². The Kier molecular flexibility index (Phi) is 5.45. The molecule has 132 valence electrons. The fourth-order valence-electron chi connectivity index (χ4n) is 2.22. The number of methoxy groups -OCH3 is 1. The Morgan fingerprint density at radius 2 is 2.08 bits per heavy atom. The molecule has 0 N–H and O–H groups in total. The van der Waals surface area contributed by atoms with Gasteiger partial charge in [0.05, 0.1) is 22.6 Å². The molecule has 0 radical (unpaired) electrons. The van der Waals surface area contributed by atoms with Gasteiger partial charge in [-0.15, -0.1) is 21.5 Å². The predicted molar refractivity (Wildman–Crippen MR) is 100 cm³/mol. The van der Waals surface area contributed by atoms with Crippen LogP contribution >= 0.6 is 23.1 Å². The summed E-state index contributed by atoms with van der Waals surface area (Å²) in [6.07, 6.45) is 0. The van der Waals surface area contributed by atoms with E-state index in [9.17, 15) is 8.42 Å². The Morgan fingerprint density at radius 3 is 2.80 bits per heavy atom. The summed E-state index contributed by atoms with van der Waals surface area (Å²) < 4.78 is 31.9. The maximum atomic E-state index is 12.5. The molecule has 6 nitrogen and oxygen atoms in total. The van der Waals surface area contributed by atoms with Gasteiger partial charge < -0.3 is 9.30 Å². The first-order valence-corrected chi connectivity index (χ1v) is 11.0. The lowest BCUT2D eigenvalue weighted by Gasteiger charge is -2.06. The number of rotatable bonds is 7. The van der Waals surface area contributed by atoms with E-state index in [4.69, 9.17) is 4.74 Å². The average Bonchev–Trinajstić information content (AvgIpc) is 3.25. The maximum absolute atomic E-state index is 12.5. The van der Waals surface area contributed by atoms with E-state index in [1.807, 2.05) is 29.1 Å². The van der Waals surface area contributed by atoms with Crippen molar-refractivity contribution in [2.24, 2.45) is 7.05 Å². The molecule has 3 aromatic rings. The van der Waals surface area contributed by atoms with Crippen molar-refractivity contribution in [2.75, 3.05) is 18.6 Å². The Labute approximate surface area is 154 Å². The number of thiophene rings is 1. The summed E-state index contributed by atoms with van der Waals surface area (Å²) in [4.78, 5) is 1.30. The van der Waals surface area contributed by atoms with Crippen molar-refractivity contribution >= 4 is 32.9 Å². The molecule has 0 atom stereocenters. The van der Waals surface area contributed by atoms with E-state index < -0.39 is 9.84 Å². The molecule has 2 heterocycles. The van der Waals surface area contributed by atoms with Gasteiger partial charge in [-0.25, -0.2) is 8.42 Å². The molecule has 0 fully saturated rings. The van der Waals surface area contributed by atoms with Gasteiger partial charge in [0.25, 0.3) is 0 Å². The van der Waals surface area contributed by atoms with Crippen LogP contribution in [0.3, 0.4) is 0 Å². The summed E-state index contributed by atoms with van der Waals surface area (Å²) in [5.41, 5.74) is 0. The van der Waals surface area contributed by atoms with E-state index in [1.165, 1.54) is 24.9 Å². The lowest BCUT2D eigenvalue weighted by atomic mass is 10.3. The number of hydrogen-bond donors (Lipinski definition) is 0. The number of hydrogen-bond acceptors (Lipinski definition) is 7. The van der Waals surface area contributed by atoms with Crippen LogP contribution in [0.5, 0.6) is 5.75 Å². The van der Waals surface area contributed by atoms with E-state index in [0.29, 0.717) is 16.7 Å². The maximum Gasteiger partial charge on any atom is 0.191 e. The van der Waals surface area contributed by atoms with Crippen LogP contribution in [-0.2, 0) is 16.9 Å². The summed E-state index contributed by atoms with van der Waals surface area (Å²) in [5, 5.41) is 11.0. The van der Waals surface area contributed by atoms with Crippen molar-refractivity contribution in [1.82, 2.24) is 14.8 Å². The molecule has 1 aromatic carbocycles. The zero-order valence-electron chi connectivity index (χ0n) is 13.7. The lowest BCUT2D eigenvalue weighted by Crippen LogP contribution is -2.09. The van der Waals surface area contributed by atoms with Crippen LogP contribution in [0, 0.1) is 0 Å². The quantitative estimate of drug-likeness (QED) is 0.572. The minimum Gasteiger partial charge on any atom is -0.497 e. The fourth-order valence-corrected chi connectivity index (χ4v) is 5.55. The molecular formula is C16H17N3O3S3. The van der Waals surface area contributed by atoms with Gasteiger partial charge in [0.1, 0.15) is 5.75 Å². The van der Waals surface area contributed by atoms with Crippen LogP contribution in [0.2, 0.25) is 0 Å². The third kappa shape index (κ3) is 4.05. The molecule has 0 unspecified atom stereocenters. The van der Waals surface area contributed by atoms with Crippen LogP contribution in [0.1, 0.15) is 0 Å². The van der Waals surface area contributed by atoms with Gasteiger partial charge in [0.15, 0.2) is 20.8 Å². The van der Waals surface area contributed by atoms with Crippen LogP contribution < -0.4 is 4.74 Å². The van der Waals surface area contributed by atoms with Crippen LogP contribution in [0.25, 0.3) is 10.7 Å². The smallest absolute Gasteiger partial charge is 0.191 e. The van der Waals surface area contributed by atoms with Crippen molar-refractivity contribution in [3.05, 3.63) is 41.8 Å².